The quantitative estimate of drug-likeness (QED) is 0.0834. The summed E-state index contributed by atoms with van der Waals surface area (Å²) in [5.41, 5.74) is 8.30. The normalized spacial score (nSPS) is 13.0. The minimum absolute atomic E-state index is 0.200. The minimum Gasteiger partial charge on any atom is -0.488 e. The summed E-state index contributed by atoms with van der Waals surface area (Å²) in [5, 5.41) is 0.936. The first kappa shape index (κ1) is 33.3. The van der Waals surface area contributed by atoms with Crippen molar-refractivity contribution in [3.63, 3.8) is 0 Å². The molecule has 5 rings (SSSR count). The van der Waals surface area contributed by atoms with Crippen LogP contribution in [-0.4, -0.2) is 13.3 Å². The first-order valence-corrected chi connectivity index (χ1v) is 17.4. The van der Waals surface area contributed by atoms with Crippen molar-refractivity contribution in [2.45, 2.75) is 64.1 Å². The Morgan fingerprint density at radius 2 is 1.37 bits per heavy atom. The fourth-order valence-corrected chi connectivity index (χ4v) is 8.00. The number of ether oxygens (including phenoxy) is 1. The lowest BCUT2D eigenvalue weighted by atomic mass is 9.85. The molecule has 46 heavy (non-hydrogen) atoms. The van der Waals surface area contributed by atoms with Crippen molar-refractivity contribution in [3.05, 3.63) is 166 Å². The molecule has 0 N–H and O–H groups in total. The van der Waals surface area contributed by atoms with Crippen LogP contribution >= 0.6 is 8.58 Å². The summed E-state index contributed by atoms with van der Waals surface area (Å²) < 4.78 is 21.5. The van der Waals surface area contributed by atoms with Crippen LogP contribution in [0.5, 0.6) is 5.75 Å². The van der Waals surface area contributed by atoms with Gasteiger partial charge in [-0.3, -0.25) is 4.99 Å². The van der Waals surface area contributed by atoms with E-state index >= 15 is 0 Å². The van der Waals surface area contributed by atoms with Crippen molar-refractivity contribution in [1.82, 2.24) is 0 Å². The lowest BCUT2D eigenvalue weighted by Gasteiger charge is -2.37. The molecule has 0 saturated carbocycles. The molecule has 0 saturated heterocycles. The van der Waals surface area contributed by atoms with Crippen LogP contribution in [0.25, 0.3) is 0 Å². The van der Waals surface area contributed by atoms with Crippen LogP contribution in [-0.2, 0) is 24.6 Å². The molecule has 4 heteroatoms. The lowest BCUT2D eigenvalue weighted by molar-refractivity contribution is 0.294. The molecule has 0 aliphatic rings. The van der Waals surface area contributed by atoms with Gasteiger partial charge in [0.15, 0.2) is 0 Å². The number of hydrogen-bond acceptors (Lipinski definition) is 2. The van der Waals surface area contributed by atoms with E-state index in [9.17, 15) is 4.39 Å². The number of benzene rings is 5. The van der Waals surface area contributed by atoms with E-state index in [0.717, 1.165) is 60.7 Å². The third kappa shape index (κ3) is 8.59. The van der Waals surface area contributed by atoms with Gasteiger partial charge in [-0.05, 0) is 64.5 Å². The predicted octanol–water partition coefficient (Wildman–Crippen LogP) is 10.4. The Kier molecular flexibility index (Phi) is 11.9. The number of nitrogens with zero attached hydrogens (tertiary/aromatic N) is 1. The first-order valence-electron chi connectivity index (χ1n) is 16.4. The number of aliphatic imine (C=N–C) groups is 1. The highest BCUT2D eigenvalue weighted by Crippen LogP contribution is 2.53. The zero-order chi connectivity index (χ0) is 32.2. The molecule has 2 nitrogen and oxygen atoms in total. The van der Waals surface area contributed by atoms with E-state index in [1.165, 1.54) is 27.8 Å². The topological polar surface area (TPSA) is 21.6 Å². The molecule has 0 heterocycles. The van der Waals surface area contributed by atoms with Gasteiger partial charge in [-0.1, -0.05) is 144 Å². The number of rotatable bonds is 15. The Morgan fingerprint density at radius 1 is 0.739 bits per heavy atom. The van der Waals surface area contributed by atoms with Gasteiger partial charge in [0.05, 0.1) is 0 Å². The number of halogens is 1. The average molecular weight is 630 g/mol. The average Bonchev–Trinajstić information content (AvgIpc) is 3.08. The van der Waals surface area contributed by atoms with E-state index in [4.69, 9.17) is 4.74 Å². The third-order valence-corrected chi connectivity index (χ3v) is 10.7. The number of unbranched alkanes of at least 4 members (excludes halogenated alkanes) is 1. The lowest BCUT2D eigenvalue weighted by Crippen LogP contribution is -2.26. The van der Waals surface area contributed by atoms with E-state index in [1.807, 2.05) is 12.1 Å². The van der Waals surface area contributed by atoms with E-state index in [1.54, 1.807) is 25.4 Å². The van der Waals surface area contributed by atoms with Gasteiger partial charge in [-0.25, -0.2) is 4.39 Å². The zero-order valence-corrected chi connectivity index (χ0v) is 28.3. The maximum absolute atomic E-state index is 14.5. The van der Waals surface area contributed by atoms with Crippen LogP contribution in [0.4, 0.5) is 4.39 Å². The van der Waals surface area contributed by atoms with Gasteiger partial charge in [-0.15, -0.1) is 0 Å². The molecule has 236 valence electrons. The van der Waals surface area contributed by atoms with E-state index in [0.29, 0.717) is 15.2 Å². The summed E-state index contributed by atoms with van der Waals surface area (Å²) in [6, 6.07) is 41.8. The highest BCUT2D eigenvalue weighted by Gasteiger charge is 2.35. The van der Waals surface area contributed by atoms with Gasteiger partial charge < -0.3 is 4.74 Å². The van der Waals surface area contributed by atoms with Crippen molar-refractivity contribution in [1.29, 1.82) is 0 Å². The molecule has 0 bridgehead atoms. The fourth-order valence-electron chi connectivity index (χ4n) is 6.24. The predicted molar refractivity (Wildman–Crippen MR) is 195 cm³/mol. The van der Waals surface area contributed by atoms with Crippen molar-refractivity contribution in [2.75, 3.05) is 7.05 Å². The second kappa shape index (κ2) is 16.5. The van der Waals surface area contributed by atoms with Crippen LogP contribution in [0.2, 0.25) is 0 Å². The molecule has 5 aromatic carbocycles. The van der Waals surface area contributed by atoms with Crippen molar-refractivity contribution < 1.29 is 9.13 Å². The highest BCUT2D eigenvalue weighted by molar-refractivity contribution is 7.48. The van der Waals surface area contributed by atoms with Crippen LogP contribution < -0.4 is 10.0 Å². The van der Waals surface area contributed by atoms with Gasteiger partial charge in [-0.2, -0.15) is 0 Å². The summed E-state index contributed by atoms with van der Waals surface area (Å²) in [6.45, 7) is 5.06. The summed E-state index contributed by atoms with van der Waals surface area (Å²) in [4.78, 5) is 4.29. The largest absolute Gasteiger partial charge is 0.488 e. The fraction of sp³-hybridized carbons (Fsp3) is 0.262. The molecule has 0 radical (unpaired) electrons. The van der Waals surface area contributed by atoms with Gasteiger partial charge in [0.1, 0.15) is 18.2 Å². The van der Waals surface area contributed by atoms with Crippen molar-refractivity contribution in [2.24, 2.45) is 4.99 Å². The van der Waals surface area contributed by atoms with E-state index < -0.39 is 0 Å². The standard InChI is InChI=1S/C42H45FNOP/c1-4-6-24-42(5-2,46-40-23-22-38(43)29-37(40)30-44-3)39-28-35(25-32-16-10-7-11-17-32)27-36(26-33-18-12-8-13-19-33)41(39)45-31-34-20-14-9-15-21-34/h7-23,27-30,46H,4-6,24-26,31H2,1-3H3/b44-30+. The molecule has 5 aromatic rings. The molecular formula is C42H45FNOP. The monoisotopic (exact) mass is 629 g/mol. The smallest absolute Gasteiger partial charge is 0.127 e. The van der Waals surface area contributed by atoms with Gasteiger partial charge >= 0.3 is 0 Å². The van der Waals surface area contributed by atoms with Crippen molar-refractivity contribution >= 4 is 20.1 Å². The third-order valence-electron chi connectivity index (χ3n) is 8.67. The van der Waals surface area contributed by atoms with Crippen LogP contribution in [0, 0.1) is 5.82 Å². The van der Waals surface area contributed by atoms with Gasteiger partial charge in [0.25, 0.3) is 0 Å². The first-order chi connectivity index (χ1) is 22.5. The van der Waals surface area contributed by atoms with Crippen molar-refractivity contribution in [3.8, 4) is 5.75 Å². The molecule has 0 aromatic heterocycles. The van der Waals surface area contributed by atoms with E-state index in [-0.39, 0.29) is 11.0 Å². The molecule has 2 atom stereocenters. The Balaban J connectivity index is 1.72. The van der Waals surface area contributed by atoms with Crippen LogP contribution in [0.3, 0.4) is 0 Å². The molecule has 0 aliphatic heterocycles. The Labute approximate surface area is 276 Å². The molecule has 0 fully saturated rings. The highest BCUT2D eigenvalue weighted by atomic mass is 31.1. The Morgan fingerprint density at radius 3 is 1.98 bits per heavy atom. The molecule has 0 amide bonds. The van der Waals surface area contributed by atoms with Crippen LogP contribution in [0.15, 0.2) is 126 Å². The second-order valence-electron chi connectivity index (χ2n) is 12.0. The van der Waals surface area contributed by atoms with E-state index in [2.05, 4.69) is 116 Å². The van der Waals surface area contributed by atoms with Crippen LogP contribution in [0.1, 0.15) is 78.5 Å². The number of hydrogen-bond donors (Lipinski definition) is 0. The maximum atomic E-state index is 14.5. The molecule has 2 unspecified atom stereocenters. The second-order valence-corrected chi connectivity index (χ2v) is 13.8. The summed E-state index contributed by atoms with van der Waals surface area (Å²) in [6.07, 6.45) is 7.56. The minimum atomic E-state index is -0.235. The maximum Gasteiger partial charge on any atom is 0.127 e. The Hall–Kier alpha value is -4.07. The Bertz CT molecular complexity index is 1700. The zero-order valence-electron chi connectivity index (χ0n) is 27.3. The molecule has 0 aliphatic carbocycles. The molecular weight excluding hydrogens is 584 g/mol. The summed E-state index contributed by atoms with van der Waals surface area (Å²) in [5.74, 6) is 0.754. The SMILES string of the molecule is CCCCC(CC)(Pc1ccc(F)cc1/C=N/C)c1cc(Cc2ccccc2)cc(Cc2ccccc2)c1OCc1ccccc1. The summed E-state index contributed by atoms with van der Waals surface area (Å²) in [7, 11) is 2.17. The van der Waals surface area contributed by atoms with Gasteiger partial charge in [0, 0.05) is 36.0 Å². The summed E-state index contributed by atoms with van der Waals surface area (Å²) >= 11 is 0. The molecule has 0 spiro atoms. The van der Waals surface area contributed by atoms with Gasteiger partial charge in [0.2, 0.25) is 0 Å².